The lowest BCUT2D eigenvalue weighted by Crippen LogP contribution is -2.21. The molecule has 2 aromatic carbocycles. The van der Waals surface area contributed by atoms with E-state index in [1.165, 1.54) is 0 Å². The summed E-state index contributed by atoms with van der Waals surface area (Å²) in [5.74, 6) is 0.157. The van der Waals surface area contributed by atoms with Crippen LogP contribution in [0.2, 0.25) is 0 Å². The Morgan fingerprint density at radius 3 is 2.69 bits per heavy atom. The number of ether oxygens (including phenoxy) is 1. The van der Waals surface area contributed by atoms with Gasteiger partial charge in [0.05, 0.1) is 6.61 Å². The zero-order valence-corrected chi connectivity index (χ0v) is 14.9. The van der Waals surface area contributed by atoms with Crippen LogP contribution in [-0.2, 0) is 6.42 Å². The first-order valence-electron chi connectivity index (χ1n) is 8.72. The predicted molar refractivity (Wildman–Crippen MR) is 102 cm³/mol. The molecule has 0 saturated carbocycles. The van der Waals surface area contributed by atoms with E-state index in [9.17, 15) is 9.59 Å². The van der Waals surface area contributed by atoms with Crippen LogP contribution in [0, 0.1) is 0 Å². The first-order chi connectivity index (χ1) is 12.6. The highest BCUT2D eigenvalue weighted by Crippen LogP contribution is 2.22. The molecule has 0 aliphatic carbocycles. The van der Waals surface area contributed by atoms with Crippen molar-refractivity contribution in [1.82, 2.24) is 0 Å². The van der Waals surface area contributed by atoms with Gasteiger partial charge in [0.1, 0.15) is 16.9 Å². The van der Waals surface area contributed by atoms with Crippen LogP contribution in [0.25, 0.3) is 11.0 Å². The van der Waals surface area contributed by atoms with Gasteiger partial charge in [0.15, 0.2) is 0 Å². The Hall–Kier alpha value is -3.08. The normalized spacial score (nSPS) is 10.7. The average Bonchev–Trinajstić information content (AvgIpc) is 2.66. The minimum atomic E-state index is -0.670. The van der Waals surface area contributed by atoms with Crippen molar-refractivity contribution in [3.8, 4) is 5.75 Å². The van der Waals surface area contributed by atoms with E-state index in [0.29, 0.717) is 29.0 Å². The average molecular weight is 351 g/mol. The van der Waals surface area contributed by atoms with Gasteiger partial charge in [0, 0.05) is 17.1 Å². The van der Waals surface area contributed by atoms with E-state index < -0.39 is 11.5 Å². The number of aryl methyl sites for hydroxylation is 1. The van der Waals surface area contributed by atoms with Crippen molar-refractivity contribution in [1.29, 1.82) is 0 Å². The van der Waals surface area contributed by atoms with Crippen molar-refractivity contribution in [2.24, 2.45) is 0 Å². The highest BCUT2D eigenvalue weighted by molar-refractivity contribution is 6.05. The molecular weight excluding hydrogens is 330 g/mol. The van der Waals surface area contributed by atoms with Gasteiger partial charge in [-0.15, -0.1) is 0 Å². The maximum Gasteiger partial charge on any atom is 0.349 e. The molecule has 0 spiro atoms. The number of hydrogen-bond donors (Lipinski definition) is 1. The first-order valence-corrected chi connectivity index (χ1v) is 8.72. The summed E-state index contributed by atoms with van der Waals surface area (Å²) < 4.78 is 10.9. The Morgan fingerprint density at radius 1 is 1.12 bits per heavy atom. The second-order valence-electron chi connectivity index (χ2n) is 5.96. The summed E-state index contributed by atoms with van der Waals surface area (Å²) in [4.78, 5) is 24.8. The van der Waals surface area contributed by atoms with Crippen molar-refractivity contribution in [2.45, 2.75) is 26.7 Å². The number of amides is 1. The van der Waals surface area contributed by atoms with Gasteiger partial charge in [-0.2, -0.15) is 0 Å². The number of anilines is 1. The smallest absolute Gasteiger partial charge is 0.349 e. The van der Waals surface area contributed by atoms with Gasteiger partial charge in [-0.05, 0) is 42.7 Å². The van der Waals surface area contributed by atoms with Gasteiger partial charge >= 0.3 is 5.63 Å². The molecule has 1 amide bonds. The Labute approximate surface area is 151 Å². The van der Waals surface area contributed by atoms with Gasteiger partial charge in [-0.3, -0.25) is 4.79 Å². The number of fused-ring (bicyclic) bond motifs is 1. The number of rotatable bonds is 6. The van der Waals surface area contributed by atoms with Crippen LogP contribution in [-0.4, -0.2) is 12.5 Å². The molecular formula is C21H21NO4. The SMILES string of the molecule is CCCOc1ccc2cc(C(=O)Nc3ccccc3CC)c(=O)oc2c1. The highest BCUT2D eigenvalue weighted by atomic mass is 16.5. The van der Waals surface area contributed by atoms with Crippen LogP contribution in [0.5, 0.6) is 5.75 Å². The number of para-hydroxylation sites is 1. The monoisotopic (exact) mass is 351 g/mol. The Morgan fingerprint density at radius 2 is 1.92 bits per heavy atom. The summed E-state index contributed by atoms with van der Waals surface area (Å²) in [6, 6.07) is 14.3. The molecule has 0 saturated heterocycles. The van der Waals surface area contributed by atoms with Crippen molar-refractivity contribution in [3.63, 3.8) is 0 Å². The molecule has 1 N–H and O–H groups in total. The van der Waals surface area contributed by atoms with Crippen molar-refractivity contribution < 1.29 is 13.9 Å². The van der Waals surface area contributed by atoms with Gasteiger partial charge in [0.2, 0.25) is 0 Å². The zero-order valence-electron chi connectivity index (χ0n) is 14.9. The van der Waals surface area contributed by atoms with Crippen LogP contribution < -0.4 is 15.7 Å². The fourth-order valence-electron chi connectivity index (χ4n) is 2.70. The minimum Gasteiger partial charge on any atom is -0.493 e. The fraction of sp³-hybridized carbons (Fsp3) is 0.238. The summed E-state index contributed by atoms with van der Waals surface area (Å²) in [7, 11) is 0. The molecule has 1 heterocycles. The van der Waals surface area contributed by atoms with Crippen molar-refractivity contribution in [2.75, 3.05) is 11.9 Å². The lowest BCUT2D eigenvalue weighted by molar-refractivity contribution is 0.102. The molecule has 0 atom stereocenters. The molecule has 1 aromatic heterocycles. The van der Waals surface area contributed by atoms with Gasteiger partial charge < -0.3 is 14.5 Å². The maximum absolute atomic E-state index is 12.6. The molecule has 3 aromatic rings. The molecule has 0 unspecified atom stereocenters. The van der Waals surface area contributed by atoms with E-state index >= 15 is 0 Å². The lowest BCUT2D eigenvalue weighted by Gasteiger charge is -2.10. The first kappa shape index (κ1) is 17.7. The van der Waals surface area contributed by atoms with Crippen LogP contribution in [0.15, 0.2) is 57.7 Å². The third kappa shape index (κ3) is 3.77. The summed E-state index contributed by atoms with van der Waals surface area (Å²) in [5.41, 5.74) is 1.41. The molecule has 0 aliphatic rings. The van der Waals surface area contributed by atoms with E-state index in [2.05, 4.69) is 5.32 Å². The van der Waals surface area contributed by atoms with E-state index in [4.69, 9.17) is 9.15 Å². The number of hydrogen-bond acceptors (Lipinski definition) is 4. The summed E-state index contributed by atoms with van der Waals surface area (Å²) >= 11 is 0. The van der Waals surface area contributed by atoms with Crippen LogP contribution >= 0.6 is 0 Å². The molecule has 0 bridgehead atoms. The third-order valence-electron chi connectivity index (χ3n) is 4.07. The molecule has 0 fully saturated rings. The number of benzene rings is 2. The van der Waals surface area contributed by atoms with E-state index in [1.54, 1.807) is 24.3 Å². The topological polar surface area (TPSA) is 68.5 Å². The quantitative estimate of drug-likeness (QED) is 0.669. The van der Waals surface area contributed by atoms with Crippen LogP contribution in [0.3, 0.4) is 0 Å². The Balaban J connectivity index is 1.91. The zero-order chi connectivity index (χ0) is 18.5. The molecule has 0 aliphatic heterocycles. The molecule has 5 heteroatoms. The van der Waals surface area contributed by atoms with E-state index in [1.807, 2.05) is 38.1 Å². The summed E-state index contributed by atoms with van der Waals surface area (Å²) in [5, 5.41) is 3.47. The van der Waals surface area contributed by atoms with Gasteiger partial charge in [-0.25, -0.2) is 4.79 Å². The highest BCUT2D eigenvalue weighted by Gasteiger charge is 2.15. The molecule has 26 heavy (non-hydrogen) atoms. The lowest BCUT2D eigenvalue weighted by atomic mass is 10.1. The molecule has 5 nitrogen and oxygen atoms in total. The fourth-order valence-corrected chi connectivity index (χ4v) is 2.70. The molecule has 134 valence electrons. The van der Waals surface area contributed by atoms with E-state index in [-0.39, 0.29) is 5.56 Å². The molecule has 0 radical (unpaired) electrons. The second-order valence-corrected chi connectivity index (χ2v) is 5.96. The predicted octanol–water partition coefficient (Wildman–Crippen LogP) is 4.40. The van der Waals surface area contributed by atoms with Crippen LogP contribution in [0.1, 0.15) is 36.2 Å². The largest absolute Gasteiger partial charge is 0.493 e. The van der Waals surface area contributed by atoms with Crippen molar-refractivity contribution in [3.05, 3.63) is 70.1 Å². The Bertz CT molecular complexity index is 991. The number of carbonyl (C=O) groups is 1. The maximum atomic E-state index is 12.6. The second kappa shape index (κ2) is 7.87. The number of nitrogens with one attached hydrogen (secondary N) is 1. The number of carbonyl (C=O) groups excluding carboxylic acids is 1. The molecule has 3 rings (SSSR count). The minimum absolute atomic E-state index is 0.0226. The van der Waals surface area contributed by atoms with Gasteiger partial charge in [0.25, 0.3) is 5.91 Å². The summed E-state index contributed by atoms with van der Waals surface area (Å²) in [6.07, 6.45) is 1.67. The standard InChI is InChI=1S/C21H21NO4/c1-3-11-25-16-10-9-15-12-17(21(24)26-19(15)13-16)20(23)22-18-8-6-5-7-14(18)4-2/h5-10,12-13H,3-4,11H2,1-2H3,(H,22,23). The van der Waals surface area contributed by atoms with Crippen LogP contribution in [0.4, 0.5) is 5.69 Å². The Kier molecular flexibility index (Phi) is 5.37. The van der Waals surface area contributed by atoms with Crippen molar-refractivity contribution >= 4 is 22.6 Å². The van der Waals surface area contributed by atoms with E-state index in [0.717, 1.165) is 18.4 Å². The summed E-state index contributed by atoms with van der Waals surface area (Å²) in [6.45, 7) is 4.61. The van der Waals surface area contributed by atoms with Gasteiger partial charge in [-0.1, -0.05) is 32.0 Å². The third-order valence-corrected chi connectivity index (χ3v) is 4.07.